The van der Waals surface area contributed by atoms with Crippen molar-refractivity contribution in [2.45, 2.75) is 25.3 Å². The highest BCUT2D eigenvalue weighted by Crippen LogP contribution is 2.26. The molecule has 2 aliphatic rings. The fourth-order valence-corrected chi connectivity index (χ4v) is 2.64. The molecule has 0 bridgehead atoms. The maximum Gasteiger partial charge on any atom is 0.168 e. The summed E-state index contributed by atoms with van der Waals surface area (Å²) in [6.45, 7) is 2.57. The standard InChI is InChI=1S/C14H18N2O/c17-14(12-7-8-15-12)10-16-9-3-5-11-4-1-2-6-13(11)16/h1-2,4,6,12,15H,3,5,7-10H2. The average Bonchev–Trinajstić information content (AvgIpc) is 2.27. The van der Waals surface area contributed by atoms with Crippen LogP contribution in [0.2, 0.25) is 0 Å². The second-order valence-electron chi connectivity index (χ2n) is 4.92. The number of nitrogens with zero attached hydrogens (tertiary/aromatic N) is 1. The molecule has 1 aromatic rings. The number of fused-ring (bicyclic) bond motifs is 1. The Morgan fingerprint density at radius 2 is 2.24 bits per heavy atom. The Hall–Kier alpha value is -1.35. The first kappa shape index (κ1) is 10.8. The van der Waals surface area contributed by atoms with Crippen LogP contribution >= 0.6 is 0 Å². The van der Waals surface area contributed by atoms with Gasteiger partial charge in [0, 0.05) is 12.2 Å². The summed E-state index contributed by atoms with van der Waals surface area (Å²) in [5.41, 5.74) is 2.64. The highest BCUT2D eigenvalue weighted by molar-refractivity contribution is 5.89. The summed E-state index contributed by atoms with van der Waals surface area (Å²) in [5, 5.41) is 3.18. The molecule has 0 aliphatic carbocycles. The first-order chi connectivity index (χ1) is 8.34. The number of carbonyl (C=O) groups is 1. The molecule has 1 unspecified atom stereocenters. The van der Waals surface area contributed by atoms with E-state index in [2.05, 4.69) is 34.5 Å². The predicted octanol–water partition coefficient (Wildman–Crippen LogP) is 1.37. The lowest BCUT2D eigenvalue weighted by Crippen LogP contribution is -2.52. The van der Waals surface area contributed by atoms with Crippen molar-refractivity contribution in [1.29, 1.82) is 0 Å². The van der Waals surface area contributed by atoms with Gasteiger partial charge in [-0.25, -0.2) is 0 Å². The number of nitrogens with one attached hydrogen (secondary N) is 1. The number of rotatable bonds is 3. The number of para-hydroxylation sites is 1. The van der Waals surface area contributed by atoms with E-state index in [0.29, 0.717) is 12.3 Å². The van der Waals surface area contributed by atoms with Gasteiger partial charge in [-0.2, -0.15) is 0 Å². The van der Waals surface area contributed by atoms with Crippen molar-refractivity contribution < 1.29 is 4.79 Å². The number of carbonyl (C=O) groups excluding carboxylic acids is 1. The van der Waals surface area contributed by atoms with Crippen molar-refractivity contribution in [1.82, 2.24) is 5.32 Å². The molecule has 1 aromatic carbocycles. The van der Waals surface area contributed by atoms with Gasteiger partial charge in [0.1, 0.15) is 0 Å². The van der Waals surface area contributed by atoms with Crippen LogP contribution in [-0.2, 0) is 11.2 Å². The number of hydrogen-bond donors (Lipinski definition) is 1. The molecular formula is C14H18N2O. The average molecular weight is 230 g/mol. The second-order valence-corrected chi connectivity index (χ2v) is 4.92. The molecule has 0 radical (unpaired) electrons. The Kier molecular flexibility index (Phi) is 2.85. The monoisotopic (exact) mass is 230 g/mol. The Morgan fingerprint density at radius 3 is 3.00 bits per heavy atom. The summed E-state index contributed by atoms with van der Waals surface area (Å²) in [4.78, 5) is 14.2. The zero-order chi connectivity index (χ0) is 11.7. The van der Waals surface area contributed by atoms with E-state index in [0.717, 1.165) is 32.4 Å². The number of aryl methyl sites for hydroxylation is 1. The van der Waals surface area contributed by atoms with Gasteiger partial charge in [-0.1, -0.05) is 18.2 Å². The summed E-state index contributed by atoms with van der Waals surface area (Å²) in [6.07, 6.45) is 3.30. The molecule has 2 aliphatic heterocycles. The van der Waals surface area contributed by atoms with Crippen LogP contribution < -0.4 is 10.2 Å². The quantitative estimate of drug-likeness (QED) is 0.851. The van der Waals surface area contributed by atoms with Crippen molar-refractivity contribution in [2.75, 3.05) is 24.5 Å². The fraction of sp³-hybridized carbons (Fsp3) is 0.500. The molecule has 3 nitrogen and oxygen atoms in total. The number of ketones is 1. The van der Waals surface area contributed by atoms with Gasteiger partial charge in [-0.15, -0.1) is 0 Å². The Labute approximate surface area is 102 Å². The van der Waals surface area contributed by atoms with Gasteiger partial charge in [0.25, 0.3) is 0 Å². The highest BCUT2D eigenvalue weighted by Gasteiger charge is 2.27. The fourth-order valence-electron chi connectivity index (χ4n) is 2.64. The van der Waals surface area contributed by atoms with E-state index >= 15 is 0 Å². The van der Waals surface area contributed by atoms with Gasteiger partial charge < -0.3 is 10.2 Å². The van der Waals surface area contributed by atoms with Gasteiger partial charge in [-0.3, -0.25) is 4.79 Å². The molecule has 3 heteroatoms. The Bertz CT molecular complexity index is 426. The van der Waals surface area contributed by atoms with Crippen LogP contribution in [0.5, 0.6) is 0 Å². The van der Waals surface area contributed by atoms with Crippen LogP contribution in [0.25, 0.3) is 0 Å². The zero-order valence-electron chi connectivity index (χ0n) is 9.98. The molecule has 0 amide bonds. The van der Waals surface area contributed by atoms with E-state index in [9.17, 15) is 4.79 Å². The molecule has 90 valence electrons. The molecule has 1 atom stereocenters. The third-order valence-electron chi connectivity index (χ3n) is 3.77. The van der Waals surface area contributed by atoms with Crippen molar-refractivity contribution >= 4 is 11.5 Å². The van der Waals surface area contributed by atoms with E-state index in [1.54, 1.807) is 0 Å². The molecule has 2 heterocycles. The molecule has 0 saturated carbocycles. The summed E-state index contributed by atoms with van der Waals surface area (Å²) in [6, 6.07) is 8.56. The van der Waals surface area contributed by atoms with Gasteiger partial charge in [-0.05, 0) is 37.4 Å². The maximum absolute atomic E-state index is 12.0. The van der Waals surface area contributed by atoms with Crippen LogP contribution in [0, 0.1) is 0 Å². The summed E-state index contributed by atoms with van der Waals surface area (Å²) in [5.74, 6) is 0.341. The lowest BCUT2D eigenvalue weighted by atomic mass is 9.98. The minimum Gasteiger partial charge on any atom is -0.364 e. The molecule has 17 heavy (non-hydrogen) atoms. The lowest BCUT2D eigenvalue weighted by Gasteiger charge is -2.33. The third-order valence-corrected chi connectivity index (χ3v) is 3.77. The summed E-state index contributed by atoms with van der Waals surface area (Å²) >= 11 is 0. The molecular weight excluding hydrogens is 212 g/mol. The van der Waals surface area contributed by atoms with E-state index < -0.39 is 0 Å². The first-order valence-electron chi connectivity index (χ1n) is 6.43. The number of anilines is 1. The van der Waals surface area contributed by atoms with Crippen LogP contribution in [0.3, 0.4) is 0 Å². The number of Topliss-reactive ketones (excluding diaryl/α,β-unsaturated/α-hetero) is 1. The minimum atomic E-state index is 0.115. The van der Waals surface area contributed by atoms with Crippen LogP contribution in [0.1, 0.15) is 18.4 Å². The Balaban J connectivity index is 1.73. The van der Waals surface area contributed by atoms with E-state index in [-0.39, 0.29) is 6.04 Å². The Morgan fingerprint density at radius 1 is 1.41 bits per heavy atom. The maximum atomic E-state index is 12.0. The van der Waals surface area contributed by atoms with Crippen LogP contribution in [0.15, 0.2) is 24.3 Å². The second kappa shape index (κ2) is 4.49. The zero-order valence-corrected chi connectivity index (χ0v) is 9.98. The summed E-state index contributed by atoms with van der Waals surface area (Å²) in [7, 11) is 0. The highest BCUT2D eigenvalue weighted by atomic mass is 16.1. The molecule has 1 N–H and O–H groups in total. The van der Waals surface area contributed by atoms with E-state index in [1.807, 2.05) is 0 Å². The molecule has 1 saturated heterocycles. The van der Waals surface area contributed by atoms with Crippen molar-refractivity contribution in [3.8, 4) is 0 Å². The van der Waals surface area contributed by atoms with Crippen LogP contribution in [0.4, 0.5) is 5.69 Å². The minimum absolute atomic E-state index is 0.115. The largest absolute Gasteiger partial charge is 0.364 e. The molecule has 0 spiro atoms. The smallest absolute Gasteiger partial charge is 0.168 e. The third kappa shape index (κ3) is 2.07. The predicted molar refractivity (Wildman–Crippen MR) is 68.4 cm³/mol. The molecule has 0 aromatic heterocycles. The number of benzene rings is 1. The number of hydrogen-bond acceptors (Lipinski definition) is 3. The normalized spacial score (nSPS) is 22.8. The summed E-state index contributed by atoms with van der Waals surface area (Å²) < 4.78 is 0. The van der Waals surface area contributed by atoms with Gasteiger partial charge in [0.2, 0.25) is 0 Å². The van der Waals surface area contributed by atoms with Gasteiger partial charge >= 0.3 is 0 Å². The lowest BCUT2D eigenvalue weighted by molar-refractivity contribution is -0.121. The van der Waals surface area contributed by atoms with Crippen molar-refractivity contribution in [3.05, 3.63) is 29.8 Å². The van der Waals surface area contributed by atoms with E-state index in [1.165, 1.54) is 11.3 Å². The van der Waals surface area contributed by atoms with Crippen molar-refractivity contribution in [2.24, 2.45) is 0 Å². The van der Waals surface area contributed by atoms with Crippen LogP contribution in [-0.4, -0.2) is 31.5 Å². The molecule has 1 fully saturated rings. The van der Waals surface area contributed by atoms with E-state index in [4.69, 9.17) is 0 Å². The molecule has 3 rings (SSSR count). The first-order valence-corrected chi connectivity index (χ1v) is 6.43. The van der Waals surface area contributed by atoms with Crippen molar-refractivity contribution in [3.63, 3.8) is 0 Å². The van der Waals surface area contributed by atoms with Gasteiger partial charge in [0.15, 0.2) is 5.78 Å². The topological polar surface area (TPSA) is 32.3 Å². The van der Waals surface area contributed by atoms with Gasteiger partial charge in [0.05, 0.1) is 12.6 Å². The SMILES string of the molecule is O=C(CN1CCCc2ccccc21)C1CCN1.